The van der Waals surface area contributed by atoms with Crippen molar-refractivity contribution in [3.63, 3.8) is 0 Å². The van der Waals surface area contributed by atoms with Gasteiger partial charge in [0.25, 0.3) is 0 Å². The molecule has 6 aliphatic carbocycles. The van der Waals surface area contributed by atoms with Gasteiger partial charge in [-0.3, -0.25) is 0 Å². The van der Waals surface area contributed by atoms with E-state index in [1.165, 1.54) is 88.7 Å². The van der Waals surface area contributed by atoms with Gasteiger partial charge in [-0.15, -0.1) is 0 Å². The van der Waals surface area contributed by atoms with Gasteiger partial charge >= 0.3 is 0 Å². The van der Waals surface area contributed by atoms with Gasteiger partial charge in [0.05, 0.1) is 22.1 Å². The molecule has 0 amide bonds. The second kappa shape index (κ2) is 13.5. The molecule has 320 valence electrons. The summed E-state index contributed by atoms with van der Waals surface area (Å²) in [7, 11) is 0. The topological polar surface area (TPSA) is 17.4 Å². The highest BCUT2D eigenvalue weighted by atomic mass is 16.5. The summed E-state index contributed by atoms with van der Waals surface area (Å²) in [5.74, 6) is 1.51. The summed E-state index contributed by atoms with van der Waals surface area (Å²) in [6.45, 7) is 4.78. The molecule has 2 heterocycles. The number of fused-ring (bicyclic) bond motifs is 20. The van der Waals surface area contributed by atoms with Crippen LogP contribution in [-0.4, -0.2) is 10.7 Å². The Labute approximate surface area is 391 Å². The standard InChI is InChI=1S/C64H48N2O/c1-63(2)50-26-12-6-20-42(50)45-34-32-40(36-54(45)63)65(41-33-35-47-46-23-10-16-30-56(46)66(57(47)37-41)39-18-4-3-5-19-39)58-38-55-60(61-49-25-11-17-31-59(49)67-62(58)61)48-24-9-15-29-53(48)64(55)51-27-13-7-21-43(51)44-22-8-14-28-52(44)64/h4,6-38,43,49,51,59H,3,5H2,1-2H3. The Kier molecular flexibility index (Phi) is 7.57. The number of hydrogen-bond donors (Lipinski definition) is 0. The van der Waals surface area contributed by atoms with E-state index in [0.717, 1.165) is 35.7 Å². The van der Waals surface area contributed by atoms with E-state index in [0.29, 0.717) is 0 Å². The van der Waals surface area contributed by atoms with Crippen LogP contribution in [0.25, 0.3) is 49.8 Å². The fraction of sp³-hybridized carbons (Fsp3) is 0.156. The van der Waals surface area contributed by atoms with E-state index in [4.69, 9.17) is 4.74 Å². The molecule has 3 heteroatoms. The first-order chi connectivity index (χ1) is 33.0. The quantitative estimate of drug-likeness (QED) is 0.175. The third-order valence-corrected chi connectivity index (χ3v) is 16.6. The lowest BCUT2D eigenvalue weighted by Gasteiger charge is -2.37. The highest BCUT2D eigenvalue weighted by Gasteiger charge is 2.59. The SMILES string of the molecule is CC1(C)c2ccccc2-c2ccc(N(c3ccc4c5ccccc5n(C5=CCCC=C5)c4c3)c3cc4c(c5c3OC3C=CC=CC53)-c3ccccc3C43c4ccccc4C4C=CC=CC43)cc21. The lowest BCUT2D eigenvalue weighted by atomic mass is 9.65. The average Bonchev–Trinajstić information content (AvgIpc) is 4.14. The fourth-order valence-electron chi connectivity index (χ4n) is 13.9. The molecule has 0 fully saturated rings. The van der Waals surface area contributed by atoms with E-state index in [1.54, 1.807) is 0 Å². The predicted molar refractivity (Wildman–Crippen MR) is 276 cm³/mol. The number of nitrogens with zero attached hydrogens (tertiary/aromatic N) is 2. The number of anilines is 3. The van der Waals surface area contributed by atoms with Crippen molar-refractivity contribution in [2.75, 3.05) is 4.90 Å². The van der Waals surface area contributed by atoms with Gasteiger partial charge in [-0.25, -0.2) is 0 Å². The monoisotopic (exact) mass is 860 g/mol. The Morgan fingerprint density at radius 2 is 1.27 bits per heavy atom. The molecule has 8 aromatic rings. The molecule has 0 bridgehead atoms. The van der Waals surface area contributed by atoms with Crippen LogP contribution in [0.3, 0.4) is 0 Å². The van der Waals surface area contributed by atoms with E-state index in [2.05, 4.69) is 230 Å². The number of aromatic nitrogens is 1. The number of hydrogen-bond acceptors (Lipinski definition) is 2. The van der Waals surface area contributed by atoms with Crippen molar-refractivity contribution < 1.29 is 4.74 Å². The Hall–Kier alpha value is -7.62. The van der Waals surface area contributed by atoms with E-state index >= 15 is 0 Å². The molecule has 5 unspecified atom stereocenters. The summed E-state index contributed by atoms with van der Waals surface area (Å²) in [6.07, 6.45) is 27.6. The van der Waals surface area contributed by atoms with Crippen molar-refractivity contribution in [3.8, 4) is 28.0 Å². The summed E-state index contributed by atoms with van der Waals surface area (Å²) >= 11 is 0. The van der Waals surface area contributed by atoms with Crippen LogP contribution in [-0.2, 0) is 10.8 Å². The molecule has 7 aliphatic rings. The van der Waals surface area contributed by atoms with Crippen molar-refractivity contribution in [3.05, 3.63) is 245 Å². The molecule has 0 N–H and O–H groups in total. The van der Waals surface area contributed by atoms with Gasteiger partial charge in [-0.2, -0.15) is 0 Å². The zero-order valence-electron chi connectivity index (χ0n) is 37.7. The molecule has 7 aromatic carbocycles. The maximum Gasteiger partial charge on any atom is 0.148 e. The molecule has 67 heavy (non-hydrogen) atoms. The van der Waals surface area contributed by atoms with Crippen LogP contribution in [0.1, 0.15) is 77.5 Å². The summed E-state index contributed by atoms with van der Waals surface area (Å²) < 4.78 is 9.93. The largest absolute Gasteiger partial charge is 0.483 e. The van der Waals surface area contributed by atoms with E-state index in [9.17, 15) is 0 Å². The Morgan fingerprint density at radius 1 is 0.567 bits per heavy atom. The van der Waals surface area contributed by atoms with Crippen molar-refractivity contribution >= 4 is 44.6 Å². The van der Waals surface area contributed by atoms with E-state index < -0.39 is 5.41 Å². The minimum atomic E-state index is -0.409. The first kappa shape index (κ1) is 37.6. The third-order valence-electron chi connectivity index (χ3n) is 16.6. The highest BCUT2D eigenvalue weighted by molar-refractivity contribution is 6.12. The van der Waals surface area contributed by atoms with Crippen LogP contribution >= 0.6 is 0 Å². The molecule has 1 aliphatic heterocycles. The molecule has 1 spiro atoms. The second-order valence-corrected chi connectivity index (χ2v) is 20.1. The molecule has 5 atom stereocenters. The fourth-order valence-corrected chi connectivity index (χ4v) is 13.9. The predicted octanol–water partition coefficient (Wildman–Crippen LogP) is 15.9. The van der Waals surface area contributed by atoms with Crippen LogP contribution in [0.5, 0.6) is 5.75 Å². The molecule has 0 saturated heterocycles. The summed E-state index contributed by atoms with van der Waals surface area (Å²) in [5.41, 5.74) is 21.3. The molecule has 1 aromatic heterocycles. The average molecular weight is 861 g/mol. The minimum absolute atomic E-state index is 0.0662. The van der Waals surface area contributed by atoms with Gasteiger partial charge in [-0.05, 0) is 117 Å². The number of rotatable bonds is 4. The van der Waals surface area contributed by atoms with Crippen LogP contribution in [0.15, 0.2) is 206 Å². The van der Waals surface area contributed by atoms with E-state index in [1.807, 2.05) is 0 Å². The number of benzene rings is 7. The Bertz CT molecular complexity index is 3700. The zero-order chi connectivity index (χ0) is 44.2. The van der Waals surface area contributed by atoms with Crippen LogP contribution in [0.4, 0.5) is 17.1 Å². The van der Waals surface area contributed by atoms with Crippen LogP contribution in [0, 0.1) is 5.92 Å². The van der Waals surface area contributed by atoms with Crippen LogP contribution in [0.2, 0.25) is 0 Å². The summed E-state index contributed by atoms with van der Waals surface area (Å²) in [6, 6.07) is 53.5. The highest BCUT2D eigenvalue weighted by Crippen LogP contribution is 2.69. The van der Waals surface area contributed by atoms with E-state index in [-0.39, 0.29) is 29.3 Å². The maximum absolute atomic E-state index is 7.44. The number of ether oxygens (including phenoxy) is 1. The van der Waals surface area contributed by atoms with Gasteiger partial charge in [0.15, 0.2) is 0 Å². The third kappa shape index (κ3) is 4.81. The normalized spacial score (nSPS) is 23.3. The van der Waals surface area contributed by atoms with Gasteiger partial charge in [0.2, 0.25) is 0 Å². The maximum atomic E-state index is 7.44. The van der Waals surface area contributed by atoms with Crippen molar-refractivity contribution in [1.82, 2.24) is 4.57 Å². The van der Waals surface area contributed by atoms with Crippen molar-refractivity contribution in [2.45, 2.75) is 55.5 Å². The zero-order valence-corrected chi connectivity index (χ0v) is 37.7. The summed E-state index contributed by atoms with van der Waals surface area (Å²) in [4.78, 5) is 2.56. The first-order valence-electron chi connectivity index (χ1n) is 24.2. The molecule has 15 rings (SSSR count). The Balaban J connectivity index is 1.06. The number of allylic oxidation sites excluding steroid dienone is 10. The second-order valence-electron chi connectivity index (χ2n) is 20.1. The van der Waals surface area contributed by atoms with Gasteiger partial charge in [0.1, 0.15) is 11.9 Å². The lowest BCUT2D eigenvalue weighted by Crippen LogP contribution is -2.33. The molecule has 0 radical (unpaired) electrons. The Morgan fingerprint density at radius 3 is 2.15 bits per heavy atom. The summed E-state index contributed by atoms with van der Waals surface area (Å²) in [5, 5.41) is 2.52. The minimum Gasteiger partial charge on any atom is -0.483 e. The lowest BCUT2D eigenvalue weighted by molar-refractivity contribution is 0.269. The van der Waals surface area contributed by atoms with Crippen molar-refractivity contribution in [1.29, 1.82) is 0 Å². The van der Waals surface area contributed by atoms with Crippen LogP contribution < -0.4 is 9.64 Å². The first-order valence-corrected chi connectivity index (χ1v) is 24.2. The number of para-hydroxylation sites is 1. The van der Waals surface area contributed by atoms with Gasteiger partial charge in [0, 0.05) is 56.6 Å². The molecular weight excluding hydrogens is 813 g/mol. The molecule has 0 saturated carbocycles. The smallest absolute Gasteiger partial charge is 0.148 e. The van der Waals surface area contributed by atoms with Gasteiger partial charge in [-0.1, -0.05) is 172 Å². The molecular formula is C64H48N2O. The van der Waals surface area contributed by atoms with Crippen molar-refractivity contribution in [2.24, 2.45) is 5.92 Å². The molecule has 3 nitrogen and oxygen atoms in total. The van der Waals surface area contributed by atoms with Gasteiger partial charge < -0.3 is 14.2 Å².